The van der Waals surface area contributed by atoms with Crippen LogP contribution in [0.5, 0.6) is 0 Å². The summed E-state index contributed by atoms with van der Waals surface area (Å²) in [5.74, 6) is 0.395. The van der Waals surface area contributed by atoms with Crippen LogP contribution in [0.15, 0.2) is 46.9 Å². The molecule has 0 fully saturated rings. The highest BCUT2D eigenvalue weighted by Gasteiger charge is 2.14. The van der Waals surface area contributed by atoms with Gasteiger partial charge in [0.15, 0.2) is 0 Å². The van der Waals surface area contributed by atoms with E-state index >= 15 is 0 Å². The van der Waals surface area contributed by atoms with Crippen molar-refractivity contribution >= 4 is 27.3 Å². The summed E-state index contributed by atoms with van der Waals surface area (Å²) in [7, 11) is 0. The molecule has 110 valence electrons. The fraction of sp³-hybridized carbons (Fsp3) is 0.250. The molecule has 0 spiro atoms. The van der Waals surface area contributed by atoms with Crippen LogP contribution in [0.25, 0.3) is 0 Å². The predicted molar refractivity (Wildman–Crippen MR) is 88.7 cm³/mol. The number of nitro groups is 1. The first-order valence-electron chi connectivity index (χ1n) is 6.74. The van der Waals surface area contributed by atoms with Crippen molar-refractivity contribution in [1.29, 1.82) is 0 Å². The zero-order chi connectivity index (χ0) is 15.4. The molecular formula is C16H17BrN2O2. The fourth-order valence-electron chi connectivity index (χ4n) is 2.23. The summed E-state index contributed by atoms with van der Waals surface area (Å²) in [6, 6.07) is 13.0. The molecule has 0 heterocycles. The van der Waals surface area contributed by atoms with Gasteiger partial charge in [0.05, 0.1) is 4.92 Å². The highest BCUT2D eigenvalue weighted by molar-refractivity contribution is 9.10. The van der Waals surface area contributed by atoms with E-state index < -0.39 is 0 Å². The van der Waals surface area contributed by atoms with E-state index in [0.29, 0.717) is 18.0 Å². The number of anilines is 1. The highest BCUT2D eigenvalue weighted by atomic mass is 79.9. The Morgan fingerprint density at radius 3 is 2.62 bits per heavy atom. The second-order valence-electron chi connectivity index (χ2n) is 5.13. The average molecular weight is 349 g/mol. The van der Waals surface area contributed by atoms with Crippen molar-refractivity contribution in [3.63, 3.8) is 0 Å². The molecule has 0 saturated carbocycles. The van der Waals surface area contributed by atoms with Crippen molar-refractivity contribution in [3.05, 3.63) is 68.2 Å². The second-order valence-corrected chi connectivity index (χ2v) is 6.04. The summed E-state index contributed by atoms with van der Waals surface area (Å²) in [5.41, 5.74) is 3.01. The molecule has 0 aliphatic rings. The van der Waals surface area contributed by atoms with E-state index in [2.05, 4.69) is 41.2 Å². The topological polar surface area (TPSA) is 55.2 Å². The van der Waals surface area contributed by atoms with Crippen LogP contribution in [0.2, 0.25) is 0 Å². The molecule has 0 unspecified atom stereocenters. The van der Waals surface area contributed by atoms with Gasteiger partial charge in [-0.2, -0.15) is 0 Å². The van der Waals surface area contributed by atoms with Gasteiger partial charge in [-0.1, -0.05) is 48.0 Å². The molecule has 4 nitrogen and oxygen atoms in total. The van der Waals surface area contributed by atoms with Crippen LogP contribution < -0.4 is 5.32 Å². The fourth-order valence-corrected chi connectivity index (χ4v) is 2.63. The van der Waals surface area contributed by atoms with E-state index in [0.717, 1.165) is 10.2 Å². The van der Waals surface area contributed by atoms with Gasteiger partial charge in [-0.05, 0) is 29.7 Å². The van der Waals surface area contributed by atoms with Gasteiger partial charge in [0.25, 0.3) is 5.69 Å². The Hall–Kier alpha value is -1.88. The van der Waals surface area contributed by atoms with Gasteiger partial charge >= 0.3 is 0 Å². The molecule has 0 atom stereocenters. The molecule has 2 aromatic rings. The number of nitrogens with one attached hydrogen (secondary N) is 1. The van der Waals surface area contributed by atoms with Gasteiger partial charge in [-0.15, -0.1) is 0 Å². The molecule has 0 aliphatic carbocycles. The Morgan fingerprint density at radius 1 is 1.24 bits per heavy atom. The number of benzene rings is 2. The zero-order valence-corrected chi connectivity index (χ0v) is 13.6. The summed E-state index contributed by atoms with van der Waals surface area (Å²) in [6.07, 6.45) is 0. The van der Waals surface area contributed by atoms with Crippen LogP contribution >= 0.6 is 15.9 Å². The first kappa shape index (κ1) is 15.5. The number of halogens is 1. The average Bonchev–Trinajstić information content (AvgIpc) is 2.45. The number of nitro benzene ring substituents is 1. The summed E-state index contributed by atoms with van der Waals surface area (Å²) in [5, 5.41) is 14.4. The molecule has 0 radical (unpaired) electrons. The second kappa shape index (κ2) is 6.72. The molecular weight excluding hydrogens is 332 g/mol. The van der Waals surface area contributed by atoms with Gasteiger partial charge in [0.1, 0.15) is 0 Å². The van der Waals surface area contributed by atoms with E-state index in [-0.39, 0.29) is 10.6 Å². The Kier molecular flexibility index (Phi) is 4.96. The molecule has 0 bridgehead atoms. The molecule has 2 aromatic carbocycles. The first-order chi connectivity index (χ1) is 9.99. The van der Waals surface area contributed by atoms with Crippen molar-refractivity contribution < 1.29 is 4.92 Å². The number of rotatable bonds is 5. The molecule has 0 aliphatic heterocycles. The van der Waals surface area contributed by atoms with Gasteiger partial charge in [-0.25, -0.2) is 0 Å². The van der Waals surface area contributed by atoms with E-state index in [1.807, 2.05) is 18.2 Å². The lowest BCUT2D eigenvalue weighted by molar-refractivity contribution is -0.385. The van der Waals surface area contributed by atoms with E-state index in [1.54, 1.807) is 12.1 Å². The van der Waals surface area contributed by atoms with E-state index in [9.17, 15) is 10.1 Å². The molecule has 0 saturated heterocycles. The quantitative estimate of drug-likeness (QED) is 0.604. The maximum atomic E-state index is 11.1. The van der Waals surface area contributed by atoms with Gasteiger partial charge in [-0.3, -0.25) is 10.1 Å². The van der Waals surface area contributed by atoms with Gasteiger partial charge < -0.3 is 5.32 Å². The number of hydrogen-bond acceptors (Lipinski definition) is 3. The molecule has 5 heteroatoms. The van der Waals surface area contributed by atoms with Crippen LogP contribution in [0, 0.1) is 10.1 Å². The molecule has 0 aromatic heterocycles. The van der Waals surface area contributed by atoms with Crippen molar-refractivity contribution in [2.45, 2.75) is 26.3 Å². The van der Waals surface area contributed by atoms with Crippen molar-refractivity contribution in [2.75, 3.05) is 5.32 Å². The minimum Gasteiger partial charge on any atom is -0.380 e. The number of nitrogens with zero attached hydrogens (tertiary/aromatic N) is 1. The first-order valence-corrected chi connectivity index (χ1v) is 7.54. The van der Waals surface area contributed by atoms with Crippen LogP contribution in [0.4, 0.5) is 11.4 Å². The van der Waals surface area contributed by atoms with Crippen molar-refractivity contribution in [3.8, 4) is 0 Å². The Morgan fingerprint density at radius 2 is 1.95 bits per heavy atom. The largest absolute Gasteiger partial charge is 0.380 e. The molecule has 2 rings (SSSR count). The van der Waals surface area contributed by atoms with Crippen molar-refractivity contribution in [1.82, 2.24) is 0 Å². The SMILES string of the molecule is CC(C)c1ccccc1NCc1cc(Br)ccc1[N+](=O)[O-]. The van der Waals surface area contributed by atoms with Crippen LogP contribution in [-0.2, 0) is 6.54 Å². The minimum atomic E-state index is -0.349. The third kappa shape index (κ3) is 3.82. The van der Waals surface area contributed by atoms with Gasteiger partial charge in [0.2, 0.25) is 0 Å². The zero-order valence-electron chi connectivity index (χ0n) is 12.0. The normalized spacial score (nSPS) is 10.7. The predicted octanol–water partition coefficient (Wildman–Crippen LogP) is 5.09. The van der Waals surface area contributed by atoms with E-state index in [4.69, 9.17) is 0 Å². The lowest BCUT2D eigenvalue weighted by Gasteiger charge is -2.14. The maximum absolute atomic E-state index is 11.1. The minimum absolute atomic E-state index is 0.132. The monoisotopic (exact) mass is 348 g/mol. The summed E-state index contributed by atoms with van der Waals surface area (Å²) in [4.78, 5) is 10.7. The van der Waals surface area contributed by atoms with E-state index in [1.165, 1.54) is 11.6 Å². The highest BCUT2D eigenvalue weighted by Crippen LogP contribution is 2.27. The summed E-state index contributed by atoms with van der Waals surface area (Å²) >= 11 is 3.36. The van der Waals surface area contributed by atoms with Crippen LogP contribution in [0.3, 0.4) is 0 Å². The van der Waals surface area contributed by atoms with Gasteiger partial charge in [0, 0.05) is 28.3 Å². The Balaban J connectivity index is 2.25. The smallest absolute Gasteiger partial charge is 0.274 e. The standard InChI is InChI=1S/C16H17BrN2O2/c1-11(2)14-5-3-4-6-15(14)18-10-12-9-13(17)7-8-16(12)19(20)21/h3-9,11,18H,10H2,1-2H3. The number of hydrogen-bond donors (Lipinski definition) is 1. The molecule has 21 heavy (non-hydrogen) atoms. The van der Waals surface area contributed by atoms with Crippen LogP contribution in [0.1, 0.15) is 30.9 Å². The molecule has 1 N–H and O–H groups in total. The lowest BCUT2D eigenvalue weighted by atomic mass is 10.0. The molecule has 0 amide bonds. The number of para-hydroxylation sites is 1. The van der Waals surface area contributed by atoms with Crippen LogP contribution in [-0.4, -0.2) is 4.92 Å². The maximum Gasteiger partial charge on any atom is 0.274 e. The Bertz CT molecular complexity index is 656. The summed E-state index contributed by atoms with van der Waals surface area (Å²) < 4.78 is 0.835. The summed E-state index contributed by atoms with van der Waals surface area (Å²) in [6.45, 7) is 4.67. The third-order valence-corrected chi connectivity index (χ3v) is 3.78. The Labute approximate surface area is 132 Å². The van der Waals surface area contributed by atoms with Crippen molar-refractivity contribution in [2.24, 2.45) is 0 Å². The third-order valence-electron chi connectivity index (χ3n) is 3.29. The lowest BCUT2D eigenvalue weighted by Crippen LogP contribution is -2.05.